The average Bonchev–Trinajstić information content (AvgIpc) is 2.65. The van der Waals surface area contributed by atoms with Gasteiger partial charge in [-0.25, -0.2) is 12.7 Å². The maximum absolute atomic E-state index is 11.8. The molecule has 6 nitrogen and oxygen atoms in total. The topological polar surface area (TPSA) is 89.7 Å². The summed E-state index contributed by atoms with van der Waals surface area (Å²) in [5.74, 6) is -0.400. The molecule has 0 bridgehead atoms. The molecule has 0 saturated carbocycles. The molecule has 0 aliphatic carbocycles. The van der Waals surface area contributed by atoms with Crippen molar-refractivity contribution < 1.29 is 17.9 Å². The van der Waals surface area contributed by atoms with Crippen molar-refractivity contribution in [2.75, 3.05) is 26.0 Å². The van der Waals surface area contributed by atoms with E-state index in [4.69, 9.17) is 5.73 Å². The van der Waals surface area contributed by atoms with Crippen LogP contribution in [0.25, 0.3) is 0 Å². The molecule has 2 N–H and O–H groups in total. The number of carbonyl (C=O) groups excluding carboxylic acids is 1. The number of nitrogens with zero attached hydrogens (tertiary/aromatic N) is 1. The molecule has 0 radical (unpaired) electrons. The number of ether oxygens (including phenoxy) is 1. The van der Waals surface area contributed by atoms with Gasteiger partial charge in [0.1, 0.15) is 0 Å². The van der Waals surface area contributed by atoms with Crippen LogP contribution in [0.1, 0.15) is 19.3 Å². The van der Waals surface area contributed by atoms with Gasteiger partial charge >= 0.3 is 5.97 Å². The van der Waals surface area contributed by atoms with E-state index in [1.165, 1.54) is 11.4 Å². The van der Waals surface area contributed by atoms with Crippen molar-refractivity contribution in [2.45, 2.75) is 25.3 Å². The van der Waals surface area contributed by atoms with E-state index >= 15 is 0 Å². The molecule has 7 heteroatoms. The second-order valence-corrected chi connectivity index (χ2v) is 5.99. The molecule has 0 unspecified atom stereocenters. The Balaban J connectivity index is 2.37. The minimum atomic E-state index is -3.25. The van der Waals surface area contributed by atoms with Crippen molar-refractivity contribution in [3.63, 3.8) is 0 Å². The van der Waals surface area contributed by atoms with E-state index in [-0.39, 0.29) is 24.2 Å². The number of hydrogen-bond donors (Lipinski definition) is 1. The highest BCUT2D eigenvalue weighted by molar-refractivity contribution is 7.89. The summed E-state index contributed by atoms with van der Waals surface area (Å²) in [6.45, 7) is 0.877. The molecule has 1 aliphatic rings. The van der Waals surface area contributed by atoms with Gasteiger partial charge in [0.2, 0.25) is 10.0 Å². The highest BCUT2D eigenvalue weighted by Crippen LogP contribution is 2.13. The monoisotopic (exact) mass is 250 g/mol. The normalized spacial score (nSPS) is 22.2. The lowest BCUT2D eigenvalue weighted by Gasteiger charge is -2.15. The second kappa shape index (κ2) is 5.60. The number of methoxy groups -OCH3 is 1. The molecule has 0 aromatic rings. The van der Waals surface area contributed by atoms with E-state index in [2.05, 4.69) is 4.74 Å². The molecule has 0 aromatic carbocycles. The Labute approximate surface area is 95.8 Å². The van der Waals surface area contributed by atoms with Gasteiger partial charge in [0.15, 0.2) is 0 Å². The highest BCUT2D eigenvalue weighted by atomic mass is 32.2. The van der Waals surface area contributed by atoms with Crippen LogP contribution in [0.3, 0.4) is 0 Å². The number of sulfonamides is 1. The lowest BCUT2D eigenvalue weighted by atomic mass is 10.3. The van der Waals surface area contributed by atoms with Crippen LogP contribution in [0.5, 0.6) is 0 Å². The van der Waals surface area contributed by atoms with Crippen molar-refractivity contribution in [1.29, 1.82) is 0 Å². The average molecular weight is 250 g/mol. The van der Waals surface area contributed by atoms with Crippen molar-refractivity contribution in [3.05, 3.63) is 0 Å². The van der Waals surface area contributed by atoms with E-state index in [0.29, 0.717) is 25.9 Å². The quantitative estimate of drug-likeness (QED) is 0.652. The summed E-state index contributed by atoms with van der Waals surface area (Å²) in [6, 6.07) is -0.0598. The number of esters is 1. The van der Waals surface area contributed by atoms with Crippen molar-refractivity contribution in [3.8, 4) is 0 Å². The predicted octanol–water partition coefficient (Wildman–Crippen LogP) is -0.698. The summed E-state index contributed by atoms with van der Waals surface area (Å²) in [5.41, 5.74) is 5.64. The van der Waals surface area contributed by atoms with Crippen LogP contribution < -0.4 is 5.73 Å². The zero-order valence-electron chi connectivity index (χ0n) is 9.39. The maximum atomic E-state index is 11.8. The molecular weight excluding hydrogens is 232 g/mol. The second-order valence-electron chi connectivity index (χ2n) is 3.90. The van der Waals surface area contributed by atoms with Gasteiger partial charge in [0.25, 0.3) is 0 Å². The fourth-order valence-corrected chi connectivity index (χ4v) is 3.21. The Hall–Kier alpha value is -0.660. The molecule has 1 aliphatic heterocycles. The van der Waals surface area contributed by atoms with Gasteiger partial charge in [0.05, 0.1) is 12.9 Å². The van der Waals surface area contributed by atoms with Gasteiger partial charge in [-0.2, -0.15) is 0 Å². The van der Waals surface area contributed by atoms with Gasteiger partial charge in [-0.3, -0.25) is 4.79 Å². The SMILES string of the molecule is COC(=O)CCCS(=O)(=O)N1CC[C@@H](N)C1. The van der Waals surface area contributed by atoms with Gasteiger partial charge in [-0.05, 0) is 12.8 Å². The van der Waals surface area contributed by atoms with Crippen molar-refractivity contribution >= 4 is 16.0 Å². The third-order valence-corrected chi connectivity index (χ3v) is 4.51. The molecular formula is C9H18N2O4S. The minimum absolute atomic E-state index is 0.0190. The van der Waals surface area contributed by atoms with Crippen LogP contribution in [0, 0.1) is 0 Å². The van der Waals surface area contributed by atoms with E-state index in [1.54, 1.807) is 0 Å². The number of hydrogen-bond acceptors (Lipinski definition) is 5. The molecule has 1 heterocycles. The summed E-state index contributed by atoms with van der Waals surface area (Å²) in [7, 11) is -1.96. The fraction of sp³-hybridized carbons (Fsp3) is 0.889. The summed E-state index contributed by atoms with van der Waals surface area (Å²) in [6.07, 6.45) is 1.13. The third kappa shape index (κ3) is 3.73. The van der Waals surface area contributed by atoms with Crippen LogP contribution in [-0.2, 0) is 19.6 Å². The highest BCUT2D eigenvalue weighted by Gasteiger charge is 2.29. The summed E-state index contributed by atoms with van der Waals surface area (Å²) < 4.78 is 29.4. The summed E-state index contributed by atoms with van der Waals surface area (Å²) in [4.78, 5) is 10.8. The van der Waals surface area contributed by atoms with E-state index < -0.39 is 10.0 Å². The first-order valence-corrected chi connectivity index (χ1v) is 6.87. The summed E-state index contributed by atoms with van der Waals surface area (Å²) in [5, 5.41) is 0. The first-order chi connectivity index (χ1) is 7.45. The summed E-state index contributed by atoms with van der Waals surface area (Å²) >= 11 is 0. The van der Waals surface area contributed by atoms with E-state index in [9.17, 15) is 13.2 Å². The van der Waals surface area contributed by atoms with Crippen LogP contribution in [0.2, 0.25) is 0 Å². The lowest BCUT2D eigenvalue weighted by Crippen LogP contribution is -2.33. The molecule has 0 spiro atoms. The Morgan fingerprint density at radius 2 is 2.25 bits per heavy atom. The Bertz CT molecular complexity index is 341. The van der Waals surface area contributed by atoms with Crippen LogP contribution in [-0.4, -0.2) is 50.7 Å². The Morgan fingerprint density at radius 1 is 1.56 bits per heavy atom. The van der Waals surface area contributed by atoms with Crippen LogP contribution >= 0.6 is 0 Å². The molecule has 1 rings (SSSR count). The van der Waals surface area contributed by atoms with Crippen molar-refractivity contribution in [2.24, 2.45) is 5.73 Å². The van der Waals surface area contributed by atoms with Crippen LogP contribution in [0.4, 0.5) is 0 Å². The largest absolute Gasteiger partial charge is 0.469 e. The fourth-order valence-electron chi connectivity index (χ4n) is 1.64. The molecule has 1 saturated heterocycles. The molecule has 1 fully saturated rings. The predicted molar refractivity (Wildman–Crippen MR) is 59.2 cm³/mol. The smallest absolute Gasteiger partial charge is 0.305 e. The van der Waals surface area contributed by atoms with Gasteiger partial charge < -0.3 is 10.5 Å². The van der Waals surface area contributed by atoms with Gasteiger partial charge in [-0.15, -0.1) is 0 Å². The maximum Gasteiger partial charge on any atom is 0.305 e. The Kier molecular flexibility index (Phi) is 4.69. The van der Waals surface area contributed by atoms with E-state index in [1.807, 2.05) is 0 Å². The van der Waals surface area contributed by atoms with Crippen LogP contribution in [0.15, 0.2) is 0 Å². The number of carbonyl (C=O) groups is 1. The van der Waals surface area contributed by atoms with Gasteiger partial charge in [0, 0.05) is 25.6 Å². The zero-order valence-corrected chi connectivity index (χ0v) is 10.2. The molecule has 0 aromatic heterocycles. The first kappa shape index (κ1) is 13.4. The Morgan fingerprint density at radius 3 is 2.75 bits per heavy atom. The molecule has 94 valence electrons. The standard InChI is InChI=1S/C9H18N2O4S/c1-15-9(12)3-2-6-16(13,14)11-5-4-8(10)7-11/h8H,2-7,10H2,1H3/t8-/m1/s1. The van der Waals surface area contributed by atoms with Crippen molar-refractivity contribution in [1.82, 2.24) is 4.31 Å². The zero-order chi connectivity index (χ0) is 12.2. The van der Waals surface area contributed by atoms with E-state index in [0.717, 1.165) is 0 Å². The third-order valence-electron chi connectivity index (χ3n) is 2.59. The first-order valence-electron chi connectivity index (χ1n) is 5.26. The lowest BCUT2D eigenvalue weighted by molar-refractivity contribution is -0.140. The number of rotatable bonds is 5. The molecule has 1 atom stereocenters. The molecule has 16 heavy (non-hydrogen) atoms. The minimum Gasteiger partial charge on any atom is -0.469 e. The number of nitrogens with two attached hydrogens (primary N) is 1. The van der Waals surface area contributed by atoms with Gasteiger partial charge in [-0.1, -0.05) is 0 Å². The molecule has 0 amide bonds.